The zero-order chi connectivity index (χ0) is 5.98. The smallest absolute Gasteiger partial charge is 0.150 e. The molecule has 0 spiro atoms. The zero-order valence-corrected chi connectivity index (χ0v) is 5.34. The van der Waals surface area contributed by atoms with Crippen LogP contribution in [-0.4, -0.2) is 0 Å². The summed E-state index contributed by atoms with van der Waals surface area (Å²) in [6.07, 6.45) is 4.73. The summed E-state index contributed by atoms with van der Waals surface area (Å²) in [5, 5.41) is 0.848. The van der Waals surface area contributed by atoms with Crippen molar-refractivity contribution < 1.29 is 4.39 Å². The van der Waals surface area contributed by atoms with Crippen LogP contribution < -0.4 is 0 Å². The fourth-order valence-corrected chi connectivity index (χ4v) is 0.696. The minimum Gasteiger partial charge on any atom is -0.202 e. The van der Waals surface area contributed by atoms with Crippen LogP contribution in [0.2, 0.25) is 0 Å². The third-order valence-corrected chi connectivity index (χ3v) is 1.15. The van der Waals surface area contributed by atoms with E-state index < -0.39 is 0 Å². The predicted molar refractivity (Wildman–Crippen MR) is 34.8 cm³/mol. The van der Waals surface area contributed by atoms with Gasteiger partial charge in [0.2, 0.25) is 0 Å². The van der Waals surface area contributed by atoms with Gasteiger partial charge in [0.05, 0.1) is 6.42 Å². The van der Waals surface area contributed by atoms with Crippen molar-refractivity contribution >= 4 is 9.24 Å². The number of rotatable bonds is 0. The fourth-order valence-electron chi connectivity index (χ4n) is 0.454. The molecule has 0 amide bonds. The van der Waals surface area contributed by atoms with Gasteiger partial charge in [0.25, 0.3) is 0 Å². The molecule has 0 fully saturated rings. The first-order valence-corrected chi connectivity index (χ1v) is 2.79. The number of allylic oxidation sites excluding steroid dienone is 3. The maximum atomic E-state index is 12.1. The molecule has 1 aliphatic rings. The van der Waals surface area contributed by atoms with E-state index >= 15 is 0 Å². The molecule has 1 atom stereocenters. The Kier molecular flexibility index (Phi) is 1.62. The Morgan fingerprint density at radius 2 is 2.38 bits per heavy atom. The zero-order valence-electron chi connectivity index (χ0n) is 4.19. The maximum Gasteiger partial charge on any atom is 0.150 e. The molecule has 0 nitrogen and oxygen atoms in total. The second-order valence-electron chi connectivity index (χ2n) is 1.47. The molecule has 1 aliphatic carbocycles. The van der Waals surface area contributed by atoms with Crippen molar-refractivity contribution in [1.29, 1.82) is 0 Å². The Balaban J connectivity index is 2.83. The molecular formula is C6H5FP. The van der Waals surface area contributed by atoms with E-state index in [1.54, 1.807) is 12.2 Å². The van der Waals surface area contributed by atoms with Crippen molar-refractivity contribution in [3.05, 3.63) is 35.4 Å². The van der Waals surface area contributed by atoms with Crippen molar-refractivity contribution in [2.45, 2.75) is 0 Å². The average Bonchev–Trinajstić information content (AvgIpc) is 1.64. The molecule has 0 saturated heterocycles. The second-order valence-corrected chi connectivity index (χ2v) is 2.14. The fraction of sp³-hybridized carbons (Fsp3) is 0. The SMILES string of the molecule is FC1=C=CC=C(P)[CH]1. The highest BCUT2D eigenvalue weighted by molar-refractivity contribution is 7.22. The minimum atomic E-state index is -0.308. The van der Waals surface area contributed by atoms with Crippen molar-refractivity contribution in [3.8, 4) is 0 Å². The molecule has 0 aromatic carbocycles. The van der Waals surface area contributed by atoms with Gasteiger partial charge in [0.15, 0.2) is 5.83 Å². The van der Waals surface area contributed by atoms with Crippen LogP contribution in [0.1, 0.15) is 0 Å². The lowest BCUT2D eigenvalue weighted by atomic mass is 10.3. The summed E-state index contributed by atoms with van der Waals surface area (Å²) in [6.45, 7) is 0. The molecule has 0 aliphatic heterocycles. The lowest BCUT2D eigenvalue weighted by molar-refractivity contribution is 0.655. The molecule has 8 heavy (non-hydrogen) atoms. The standard InChI is InChI=1S/C6H5FP/c7-5-2-1-3-6(8)4-5/h1,3-4H,8H2. The summed E-state index contributed by atoms with van der Waals surface area (Å²) in [5.74, 6) is -0.308. The monoisotopic (exact) mass is 127 g/mol. The molecule has 0 aromatic heterocycles. The third kappa shape index (κ3) is 1.30. The molecule has 2 heteroatoms. The number of hydrogen-bond acceptors (Lipinski definition) is 0. The van der Waals surface area contributed by atoms with E-state index in [-0.39, 0.29) is 5.83 Å². The third-order valence-electron chi connectivity index (χ3n) is 0.790. The molecule has 41 valence electrons. The van der Waals surface area contributed by atoms with Crippen LogP contribution in [0.4, 0.5) is 4.39 Å². The van der Waals surface area contributed by atoms with E-state index in [0.29, 0.717) is 0 Å². The van der Waals surface area contributed by atoms with Gasteiger partial charge in [-0.1, -0.05) is 11.8 Å². The number of halogens is 1. The Morgan fingerprint density at radius 1 is 1.62 bits per heavy atom. The summed E-state index contributed by atoms with van der Waals surface area (Å²) in [6, 6.07) is 0. The Hall–Kier alpha value is -0.380. The summed E-state index contributed by atoms with van der Waals surface area (Å²) in [7, 11) is 2.40. The van der Waals surface area contributed by atoms with Gasteiger partial charge in [0.1, 0.15) is 0 Å². The second kappa shape index (κ2) is 2.26. The highest BCUT2D eigenvalue weighted by atomic mass is 31.0. The topological polar surface area (TPSA) is 0 Å². The molecule has 0 aromatic rings. The summed E-state index contributed by atoms with van der Waals surface area (Å²) < 4.78 is 12.1. The molecule has 0 saturated carbocycles. The van der Waals surface area contributed by atoms with Crippen molar-refractivity contribution in [1.82, 2.24) is 0 Å². The van der Waals surface area contributed by atoms with Crippen LogP contribution >= 0.6 is 9.24 Å². The predicted octanol–water partition coefficient (Wildman–Crippen LogP) is 1.97. The quantitative estimate of drug-likeness (QED) is 0.344. The molecule has 1 rings (SSSR count). The van der Waals surface area contributed by atoms with Gasteiger partial charge in [-0.15, -0.1) is 9.24 Å². The summed E-state index contributed by atoms with van der Waals surface area (Å²) in [4.78, 5) is 0. The summed E-state index contributed by atoms with van der Waals surface area (Å²) >= 11 is 0. The van der Waals surface area contributed by atoms with Gasteiger partial charge in [-0.05, 0) is 11.4 Å². The van der Waals surface area contributed by atoms with Gasteiger partial charge in [-0.25, -0.2) is 4.39 Å². The lowest BCUT2D eigenvalue weighted by Crippen LogP contribution is -1.77. The normalized spacial score (nSPS) is 17.8. The molecule has 1 unspecified atom stereocenters. The van der Waals surface area contributed by atoms with E-state index in [9.17, 15) is 4.39 Å². The highest BCUT2D eigenvalue weighted by Crippen LogP contribution is 2.18. The van der Waals surface area contributed by atoms with Gasteiger partial charge < -0.3 is 0 Å². The number of hydrogen-bond donors (Lipinski definition) is 0. The first-order chi connectivity index (χ1) is 3.79. The van der Waals surface area contributed by atoms with Crippen LogP contribution in [0.25, 0.3) is 0 Å². The average molecular weight is 127 g/mol. The van der Waals surface area contributed by atoms with E-state index in [4.69, 9.17) is 0 Å². The van der Waals surface area contributed by atoms with Gasteiger partial charge >= 0.3 is 0 Å². The van der Waals surface area contributed by atoms with Crippen LogP contribution in [-0.2, 0) is 0 Å². The summed E-state index contributed by atoms with van der Waals surface area (Å²) in [5.41, 5.74) is 2.39. The van der Waals surface area contributed by atoms with Crippen LogP contribution in [0.15, 0.2) is 29.0 Å². The molecule has 0 heterocycles. The van der Waals surface area contributed by atoms with Crippen molar-refractivity contribution in [2.24, 2.45) is 0 Å². The van der Waals surface area contributed by atoms with E-state index in [1.807, 2.05) is 0 Å². The Labute approximate surface area is 50.0 Å². The minimum absolute atomic E-state index is 0.308. The maximum absolute atomic E-state index is 12.1. The first-order valence-electron chi connectivity index (χ1n) is 2.22. The molecule has 0 bridgehead atoms. The molecule has 0 N–H and O–H groups in total. The van der Waals surface area contributed by atoms with E-state index in [0.717, 1.165) is 5.31 Å². The largest absolute Gasteiger partial charge is 0.202 e. The first kappa shape index (κ1) is 5.75. The van der Waals surface area contributed by atoms with E-state index in [2.05, 4.69) is 15.0 Å². The van der Waals surface area contributed by atoms with Gasteiger partial charge in [-0.3, -0.25) is 0 Å². The van der Waals surface area contributed by atoms with Gasteiger partial charge in [0, 0.05) is 0 Å². The van der Waals surface area contributed by atoms with E-state index in [1.165, 1.54) is 6.42 Å². The lowest BCUT2D eigenvalue weighted by Gasteiger charge is -1.95. The molecular weight excluding hydrogens is 122 g/mol. The van der Waals surface area contributed by atoms with Gasteiger partial charge in [-0.2, -0.15) is 0 Å². The van der Waals surface area contributed by atoms with Crippen LogP contribution in [0.5, 0.6) is 0 Å². The van der Waals surface area contributed by atoms with Crippen molar-refractivity contribution in [2.75, 3.05) is 0 Å². The van der Waals surface area contributed by atoms with Crippen LogP contribution in [0, 0.1) is 6.42 Å². The Morgan fingerprint density at radius 3 is 2.75 bits per heavy atom. The molecule has 1 radical (unpaired) electrons. The van der Waals surface area contributed by atoms with Crippen LogP contribution in [0.3, 0.4) is 0 Å². The Bertz CT molecular complexity index is 185. The highest BCUT2D eigenvalue weighted by Gasteiger charge is 1.97. The van der Waals surface area contributed by atoms with Crippen molar-refractivity contribution in [3.63, 3.8) is 0 Å².